The van der Waals surface area contributed by atoms with Gasteiger partial charge >= 0.3 is 12.0 Å². The molecule has 5 nitrogen and oxygen atoms in total. The summed E-state index contributed by atoms with van der Waals surface area (Å²) in [5.74, 6) is -0.627. The first-order valence-corrected chi connectivity index (χ1v) is 6.98. The smallest absolute Gasteiger partial charge is 0.339 e. The van der Waals surface area contributed by atoms with Gasteiger partial charge in [0.15, 0.2) is 0 Å². The summed E-state index contributed by atoms with van der Waals surface area (Å²) >= 11 is 5.87. The summed E-state index contributed by atoms with van der Waals surface area (Å²) in [4.78, 5) is 25.0. The molecule has 1 unspecified atom stereocenters. The van der Waals surface area contributed by atoms with E-state index in [2.05, 4.69) is 12.2 Å². The normalized spacial score (nSPS) is 18.1. The summed E-state index contributed by atoms with van der Waals surface area (Å²) in [6.07, 6.45) is 2.03. The highest BCUT2D eigenvalue weighted by Gasteiger charge is 2.26. The van der Waals surface area contributed by atoms with Gasteiger partial charge in [0.1, 0.15) is 5.56 Å². The monoisotopic (exact) mass is 296 g/mol. The number of rotatable bonds is 3. The van der Waals surface area contributed by atoms with E-state index in [0.29, 0.717) is 19.0 Å². The molecule has 1 fully saturated rings. The summed E-state index contributed by atoms with van der Waals surface area (Å²) < 4.78 is 0. The van der Waals surface area contributed by atoms with Crippen molar-refractivity contribution in [2.24, 2.45) is 5.92 Å². The second-order valence-corrected chi connectivity index (χ2v) is 5.31. The van der Waals surface area contributed by atoms with Crippen molar-refractivity contribution in [3.63, 3.8) is 0 Å². The molecule has 0 saturated carbocycles. The molecule has 108 valence electrons. The lowest BCUT2D eigenvalue weighted by Gasteiger charge is -2.18. The first-order chi connectivity index (χ1) is 9.52. The predicted molar refractivity (Wildman–Crippen MR) is 77.4 cm³/mol. The number of anilines is 1. The zero-order valence-electron chi connectivity index (χ0n) is 11.2. The molecule has 1 aliphatic rings. The maximum atomic E-state index is 12.1. The second kappa shape index (κ2) is 6.13. The molecule has 20 heavy (non-hydrogen) atoms. The predicted octanol–water partition coefficient (Wildman–Crippen LogP) is 3.30. The first kappa shape index (κ1) is 14.7. The van der Waals surface area contributed by atoms with Crippen LogP contribution in [0.2, 0.25) is 5.02 Å². The molecule has 1 aliphatic heterocycles. The first-order valence-electron chi connectivity index (χ1n) is 6.60. The highest BCUT2D eigenvalue weighted by Crippen LogP contribution is 2.26. The van der Waals surface area contributed by atoms with Crippen LogP contribution in [0.1, 0.15) is 30.1 Å². The van der Waals surface area contributed by atoms with E-state index in [0.717, 1.165) is 12.8 Å². The van der Waals surface area contributed by atoms with E-state index in [1.165, 1.54) is 6.07 Å². The zero-order valence-corrected chi connectivity index (χ0v) is 12.0. The van der Waals surface area contributed by atoms with Gasteiger partial charge in [-0.05, 0) is 24.5 Å². The standard InChI is InChI=1S/C14H17ClN2O3/c1-2-9-6-7-17(8-9)14(20)16-11-5-3-4-10(15)12(11)13(18)19/h3-5,9H,2,6-8H2,1H3,(H,16,20)(H,18,19). The number of carbonyl (C=O) groups excluding carboxylic acids is 1. The minimum atomic E-state index is -1.15. The van der Waals surface area contributed by atoms with Crippen molar-refractivity contribution in [1.29, 1.82) is 0 Å². The van der Waals surface area contributed by atoms with Gasteiger partial charge < -0.3 is 15.3 Å². The fraction of sp³-hybridized carbons (Fsp3) is 0.429. The van der Waals surface area contributed by atoms with Crippen LogP contribution >= 0.6 is 11.6 Å². The Morgan fingerprint density at radius 2 is 2.25 bits per heavy atom. The number of aromatic carboxylic acids is 1. The third kappa shape index (κ3) is 3.04. The van der Waals surface area contributed by atoms with Gasteiger partial charge in [0, 0.05) is 13.1 Å². The largest absolute Gasteiger partial charge is 0.478 e. The van der Waals surface area contributed by atoms with Crippen LogP contribution in [-0.4, -0.2) is 35.1 Å². The van der Waals surface area contributed by atoms with Crippen LogP contribution < -0.4 is 5.32 Å². The van der Waals surface area contributed by atoms with Gasteiger partial charge in [-0.1, -0.05) is 31.0 Å². The fourth-order valence-corrected chi connectivity index (χ4v) is 2.65. The molecule has 0 spiro atoms. The Kier molecular flexibility index (Phi) is 4.49. The Labute approximate surface area is 122 Å². The van der Waals surface area contributed by atoms with E-state index in [1.54, 1.807) is 17.0 Å². The number of likely N-dealkylation sites (tertiary alicyclic amines) is 1. The molecular weight excluding hydrogens is 280 g/mol. The molecule has 1 aromatic rings. The van der Waals surface area contributed by atoms with Crippen molar-refractivity contribution in [3.05, 3.63) is 28.8 Å². The van der Waals surface area contributed by atoms with Crippen molar-refractivity contribution in [1.82, 2.24) is 4.90 Å². The number of urea groups is 1. The molecule has 1 heterocycles. The van der Waals surface area contributed by atoms with Gasteiger partial charge in [0.05, 0.1) is 10.7 Å². The van der Waals surface area contributed by atoms with Crippen LogP contribution in [-0.2, 0) is 0 Å². The SMILES string of the molecule is CCC1CCN(C(=O)Nc2cccc(Cl)c2C(=O)O)C1. The van der Waals surface area contributed by atoms with Crippen LogP contribution in [0.4, 0.5) is 10.5 Å². The highest BCUT2D eigenvalue weighted by molar-refractivity contribution is 6.34. The lowest BCUT2D eigenvalue weighted by atomic mass is 10.1. The van der Waals surface area contributed by atoms with E-state index in [1.807, 2.05) is 0 Å². The minimum Gasteiger partial charge on any atom is -0.478 e. The Morgan fingerprint density at radius 1 is 1.50 bits per heavy atom. The summed E-state index contributed by atoms with van der Waals surface area (Å²) in [7, 11) is 0. The molecule has 2 N–H and O–H groups in total. The van der Waals surface area contributed by atoms with E-state index < -0.39 is 5.97 Å². The number of nitrogens with one attached hydrogen (secondary N) is 1. The number of carboxylic acids is 1. The molecule has 0 radical (unpaired) electrons. The molecule has 0 bridgehead atoms. The zero-order chi connectivity index (χ0) is 14.7. The molecule has 1 atom stereocenters. The topological polar surface area (TPSA) is 69.6 Å². The number of carboxylic acid groups (broad SMARTS) is 1. The number of amides is 2. The second-order valence-electron chi connectivity index (χ2n) is 4.91. The van der Waals surface area contributed by atoms with Crippen molar-refractivity contribution in [2.45, 2.75) is 19.8 Å². The number of nitrogens with zero attached hydrogens (tertiary/aromatic N) is 1. The van der Waals surface area contributed by atoms with Crippen molar-refractivity contribution in [2.75, 3.05) is 18.4 Å². The summed E-state index contributed by atoms with van der Waals surface area (Å²) in [5, 5.41) is 11.9. The molecule has 2 amide bonds. The average Bonchev–Trinajstić information content (AvgIpc) is 2.87. The number of benzene rings is 1. The fourth-order valence-electron chi connectivity index (χ4n) is 2.39. The maximum absolute atomic E-state index is 12.1. The summed E-state index contributed by atoms with van der Waals surface area (Å²) in [6, 6.07) is 4.37. The Morgan fingerprint density at radius 3 is 2.85 bits per heavy atom. The van der Waals surface area contributed by atoms with Gasteiger partial charge in [-0.15, -0.1) is 0 Å². The van der Waals surface area contributed by atoms with Gasteiger partial charge in [-0.25, -0.2) is 9.59 Å². The lowest BCUT2D eigenvalue weighted by Crippen LogP contribution is -2.33. The average molecular weight is 297 g/mol. The third-order valence-corrected chi connectivity index (χ3v) is 3.93. The maximum Gasteiger partial charge on any atom is 0.339 e. The van der Waals surface area contributed by atoms with Gasteiger partial charge in [-0.3, -0.25) is 0 Å². The Hall–Kier alpha value is -1.75. The third-order valence-electron chi connectivity index (χ3n) is 3.62. The molecular formula is C14H17ClN2O3. The van der Waals surface area contributed by atoms with Crippen molar-refractivity contribution < 1.29 is 14.7 Å². The summed E-state index contributed by atoms with van der Waals surface area (Å²) in [6.45, 7) is 3.52. The van der Waals surface area contributed by atoms with Gasteiger partial charge in [0.2, 0.25) is 0 Å². The molecule has 0 aliphatic carbocycles. The van der Waals surface area contributed by atoms with Gasteiger partial charge in [0.25, 0.3) is 0 Å². The van der Waals surface area contributed by atoms with Crippen molar-refractivity contribution in [3.8, 4) is 0 Å². The van der Waals surface area contributed by atoms with E-state index >= 15 is 0 Å². The minimum absolute atomic E-state index is 0.0752. The molecule has 6 heteroatoms. The van der Waals surface area contributed by atoms with Crippen molar-refractivity contribution >= 4 is 29.3 Å². The summed E-state index contributed by atoms with van der Waals surface area (Å²) in [5.41, 5.74) is 0.156. The van der Waals surface area contributed by atoms with Crippen LogP contribution in [0.5, 0.6) is 0 Å². The molecule has 1 saturated heterocycles. The quantitative estimate of drug-likeness (QED) is 0.899. The van der Waals surface area contributed by atoms with Crippen LogP contribution in [0.25, 0.3) is 0 Å². The number of hydrogen-bond donors (Lipinski definition) is 2. The number of carbonyl (C=O) groups is 2. The molecule has 2 rings (SSSR count). The van der Waals surface area contributed by atoms with Crippen LogP contribution in [0.3, 0.4) is 0 Å². The Bertz CT molecular complexity index is 533. The molecule has 1 aromatic carbocycles. The van der Waals surface area contributed by atoms with Crippen LogP contribution in [0.15, 0.2) is 18.2 Å². The van der Waals surface area contributed by atoms with Crippen LogP contribution in [0, 0.1) is 5.92 Å². The van der Waals surface area contributed by atoms with Gasteiger partial charge in [-0.2, -0.15) is 0 Å². The van der Waals surface area contributed by atoms with E-state index in [9.17, 15) is 9.59 Å². The van der Waals surface area contributed by atoms with E-state index in [4.69, 9.17) is 16.7 Å². The number of halogens is 1. The van der Waals surface area contributed by atoms with E-state index in [-0.39, 0.29) is 22.3 Å². The highest BCUT2D eigenvalue weighted by atomic mass is 35.5. The Balaban J connectivity index is 2.13. The lowest BCUT2D eigenvalue weighted by molar-refractivity contribution is 0.0698. The number of hydrogen-bond acceptors (Lipinski definition) is 2. The molecule has 0 aromatic heterocycles.